The number of hydrogen-bond donors (Lipinski definition) is 1. The first-order valence-corrected chi connectivity index (χ1v) is 12.2. The predicted octanol–water partition coefficient (Wildman–Crippen LogP) is 1.23. The fourth-order valence-electron chi connectivity index (χ4n) is 3.78. The SMILES string of the molecule is COc1ccc(NC(=O)CN2CCN(S(=O)(=O)c3ccc(C)cc3)CC2)cc1-n1nnnc1C. The molecule has 2 aromatic carbocycles. The van der Waals surface area contributed by atoms with Gasteiger partial charge in [0.25, 0.3) is 0 Å². The molecule has 1 aliphatic rings. The number of nitrogens with zero attached hydrogens (tertiary/aromatic N) is 6. The third-order valence-electron chi connectivity index (χ3n) is 5.67. The Kier molecular flexibility index (Phi) is 6.91. The highest BCUT2D eigenvalue weighted by atomic mass is 32.2. The van der Waals surface area contributed by atoms with E-state index in [0.717, 1.165) is 5.56 Å². The Hall–Kier alpha value is -3.35. The summed E-state index contributed by atoms with van der Waals surface area (Å²) in [6.45, 7) is 5.43. The van der Waals surface area contributed by atoms with Crippen molar-refractivity contribution < 1.29 is 17.9 Å². The first-order chi connectivity index (χ1) is 16.3. The molecule has 0 saturated carbocycles. The van der Waals surface area contributed by atoms with E-state index >= 15 is 0 Å². The molecular weight excluding hydrogens is 458 g/mol. The molecule has 180 valence electrons. The number of methoxy groups -OCH3 is 1. The molecule has 2 heterocycles. The topological polar surface area (TPSA) is 123 Å². The summed E-state index contributed by atoms with van der Waals surface area (Å²) in [5.41, 5.74) is 2.20. The normalized spacial score (nSPS) is 15.3. The molecule has 0 radical (unpaired) electrons. The average Bonchev–Trinajstić information content (AvgIpc) is 3.25. The standard InChI is InChI=1S/C22H27N7O4S/c1-16-4-7-19(8-5-16)34(31,32)28-12-10-27(11-13-28)15-22(30)23-18-6-9-21(33-3)20(14-18)29-17(2)24-25-26-29/h4-9,14H,10-13,15H2,1-3H3,(H,23,30). The molecule has 4 rings (SSSR count). The van der Waals surface area contributed by atoms with Gasteiger partial charge in [-0.05, 0) is 54.6 Å². The molecule has 1 fully saturated rings. The Morgan fingerprint density at radius 1 is 1.06 bits per heavy atom. The van der Waals surface area contributed by atoms with Crippen molar-refractivity contribution in [3.63, 3.8) is 0 Å². The van der Waals surface area contributed by atoms with Crippen LogP contribution in [0.25, 0.3) is 5.69 Å². The molecule has 0 aliphatic carbocycles. The van der Waals surface area contributed by atoms with E-state index in [1.54, 1.807) is 56.5 Å². The minimum atomic E-state index is -3.54. The number of tetrazole rings is 1. The first kappa shape index (κ1) is 23.8. The van der Waals surface area contributed by atoms with E-state index in [9.17, 15) is 13.2 Å². The molecule has 0 atom stereocenters. The number of benzene rings is 2. The van der Waals surface area contributed by atoms with Gasteiger partial charge in [0.1, 0.15) is 11.4 Å². The Labute approximate surface area is 198 Å². The maximum absolute atomic E-state index is 12.9. The summed E-state index contributed by atoms with van der Waals surface area (Å²) in [5.74, 6) is 0.957. The lowest BCUT2D eigenvalue weighted by molar-refractivity contribution is -0.117. The lowest BCUT2D eigenvalue weighted by Gasteiger charge is -2.33. The molecule has 1 N–H and O–H groups in total. The summed E-state index contributed by atoms with van der Waals surface area (Å²) in [6.07, 6.45) is 0. The third-order valence-corrected chi connectivity index (χ3v) is 7.59. The number of carbonyl (C=O) groups excluding carboxylic acids is 1. The zero-order chi connectivity index (χ0) is 24.3. The second-order valence-corrected chi connectivity index (χ2v) is 10.0. The largest absolute Gasteiger partial charge is 0.494 e. The highest BCUT2D eigenvalue weighted by molar-refractivity contribution is 7.89. The van der Waals surface area contributed by atoms with E-state index in [1.165, 1.54) is 8.99 Å². The smallest absolute Gasteiger partial charge is 0.243 e. The molecule has 1 aliphatic heterocycles. The first-order valence-electron chi connectivity index (χ1n) is 10.8. The Balaban J connectivity index is 1.36. The van der Waals surface area contributed by atoms with Gasteiger partial charge in [-0.2, -0.15) is 8.99 Å². The minimum absolute atomic E-state index is 0.156. The second kappa shape index (κ2) is 9.87. The number of piperazine rings is 1. The number of carbonyl (C=O) groups is 1. The van der Waals surface area contributed by atoms with Gasteiger partial charge < -0.3 is 10.1 Å². The van der Waals surface area contributed by atoms with E-state index in [-0.39, 0.29) is 17.3 Å². The monoisotopic (exact) mass is 485 g/mol. The highest BCUT2D eigenvalue weighted by Crippen LogP contribution is 2.26. The van der Waals surface area contributed by atoms with E-state index in [0.29, 0.717) is 49.1 Å². The van der Waals surface area contributed by atoms with Gasteiger partial charge >= 0.3 is 0 Å². The molecule has 11 nitrogen and oxygen atoms in total. The van der Waals surface area contributed by atoms with Crippen molar-refractivity contribution in [2.45, 2.75) is 18.7 Å². The van der Waals surface area contributed by atoms with Gasteiger partial charge in [0.15, 0.2) is 5.82 Å². The highest BCUT2D eigenvalue weighted by Gasteiger charge is 2.29. The summed E-state index contributed by atoms with van der Waals surface area (Å²) in [7, 11) is -1.99. The molecule has 1 aromatic heterocycles. The quantitative estimate of drug-likeness (QED) is 0.530. The predicted molar refractivity (Wildman–Crippen MR) is 125 cm³/mol. The zero-order valence-electron chi connectivity index (χ0n) is 19.3. The lowest BCUT2D eigenvalue weighted by atomic mass is 10.2. The van der Waals surface area contributed by atoms with Gasteiger partial charge in [0, 0.05) is 31.9 Å². The van der Waals surface area contributed by atoms with Crippen LogP contribution in [0.4, 0.5) is 5.69 Å². The summed E-state index contributed by atoms with van der Waals surface area (Å²) >= 11 is 0. The van der Waals surface area contributed by atoms with Crippen LogP contribution >= 0.6 is 0 Å². The molecule has 1 amide bonds. The van der Waals surface area contributed by atoms with Gasteiger partial charge in [0.05, 0.1) is 18.6 Å². The van der Waals surface area contributed by atoms with Crippen molar-refractivity contribution >= 4 is 21.6 Å². The van der Waals surface area contributed by atoms with Crippen LogP contribution < -0.4 is 10.1 Å². The van der Waals surface area contributed by atoms with E-state index in [4.69, 9.17) is 4.74 Å². The van der Waals surface area contributed by atoms with Crippen molar-refractivity contribution in [1.82, 2.24) is 29.4 Å². The summed E-state index contributed by atoms with van der Waals surface area (Å²) < 4.78 is 34.1. The van der Waals surface area contributed by atoms with Crippen molar-refractivity contribution in [3.8, 4) is 11.4 Å². The van der Waals surface area contributed by atoms with Gasteiger partial charge in [-0.25, -0.2) is 8.42 Å². The van der Waals surface area contributed by atoms with Crippen LogP contribution in [0.15, 0.2) is 47.4 Å². The number of amides is 1. The Bertz CT molecular complexity index is 1270. The summed E-state index contributed by atoms with van der Waals surface area (Å²) in [4.78, 5) is 14.9. The van der Waals surface area contributed by atoms with Crippen molar-refractivity contribution in [1.29, 1.82) is 0 Å². The molecule has 1 saturated heterocycles. The number of ether oxygens (including phenoxy) is 1. The van der Waals surface area contributed by atoms with E-state index in [2.05, 4.69) is 20.8 Å². The number of anilines is 1. The number of rotatable bonds is 7. The van der Waals surface area contributed by atoms with Crippen LogP contribution in [0, 0.1) is 13.8 Å². The molecule has 34 heavy (non-hydrogen) atoms. The summed E-state index contributed by atoms with van der Waals surface area (Å²) in [6, 6.07) is 12.1. The van der Waals surface area contributed by atoms with Crippen molar-refractivity contribution in [3.05, 3.63) is 53.9 Å². The molecular formula is C22H27N7O4S. The molecule has 3 aromatic rings. The lowest BCUT2D eigenvalue weighted by Crippen LogP contribution is -2.50. The number of hydrogen-bond acceptors (Lipinski definition) is 8. The fourth-order valence-corrected chi connectivity index (χ4v) is 5.20. The van der Waals surface area contributed by atoms with Crippen LogP contribution in [0.5, 0.6) is 5.75 Å². The number of sulfonamides is 1. The molecule has 0 bridgehead atoms. The minimum Gasteiger partial charge on any atom is -0.494 e. The summed E-state index contributed by atoms with van der Waals surface area (Å²) in [5, 5.41) is 14.4. The van der Waals surface area contributed by atoms with Crippen LogP contribution in [-0.2, 0) is 14.8 Å². The average molecular weight is 486 g/mol. The van der Waals surface area contributed by atoms with Gasteiger partial charge in [-0.3, -0.25) is 9.69 Å². The number of aromatic nitrogens is 4. The molecule has 0 unspecified atom stereocenters. The van der Waals surface area contributed by atoms with Crippen molar-refractivity contribution in [2.24, 2.45) is 0 Å². The van der Waals surface area contributed by atoms with E-state index < -0.39 is 10.0 Å². The second-order valence-electron chi connectivity index (χ2n) is 8.07. The maximum Gasteiger partial charge on any atom is 0.243 e. The molecule has 12 heteroatoms. The van der Waals surface area contributed by atoms with Crippen LogP contribution in [0.3, 0.4) is 0 Å². The number of aryl methyl sites for hydroxylation is 2. The van der Waals surface area contributed by atoms with Gasteiger partial charge in [0.2, 0.25) is 15.9 Å². The maximum atomic E-state index is 12.9. The Morgan fingerprint density at radius 2 is 1.76 bits per heavy atom. The third kappa shape index (κ3) is 5.08. The van der Waals surface area contributed by atoms with Crippen molar-refractivity contribution in [2.75, 3.05) is 45.2 Å². The van der Waals surface area contributed by atoms with Crippen LogP contribution in [0.1, 0.15) is 11.4 Å². The van der Waals surface area contributed by atoms with Gasteiger partial charge in [-0.1, -0.05) is 17.7 Å². The van der Waals surface area contributed by atoms with Crippen LogP contribution in [-0.4, -0.2) is 83.6 Å². The zero-order valence-corrected chi connectivity index (χ0v) is 20.1. The van der Waals surface area contributed by atoms with Gasteiger partial charge in [-0.15, -0.1) is 5.10 Å². The Morgan fingerprint density at radius 3 is 2.38 bits per heavy atom. The van der Waals surface area contributed by atoms with Crippen LogP contribution in [0.2, 0.25) is 0 Å². The fraction of sp³-hybridized carbons (Fsp3) is 0.364. The number of nitrogens with one attached hydrogen (secondary N) is 1. The molecule has 0 spiro atoms. The van der Waals surface area contributed by atoms with E-state index in [1.807, 2.05) is 11.8 Å².